The molecule has 0 bridgehead atoms. The zero-order valence-electron chi connectivity index (χ0n) is 12.2. The van der Waals surface area contributed by atoms with Crippen LogP contribution in [0.25, 0.3) is 11.3 Å². The van der Waals surface area contributed by atoms with Crippen molar-refractivity contribution in [1.82, 2.24) is 10.3 Å². The van der Waals surface area contributed by atoms with E-state index in [4.69, 9.17) is 9.15 Å². The highest BCUT2D eigenvalue weighted by Gasteiger charge is 2.07. The summed E-state index contributed by atoms with van der Waals surface area (Å²) >= 11 is 0. The van der Waals surface area contributed by atoms with Gasteiger partial charge in [-0.05, 0) is 38.6 Å². The molecule has 0 radical (unpaired) electrons. The van der Waals surface area contributed by atoms with Gasteiger partial charge in [0.05, 0.1) is 12.8 Å². The average Bonchev–Trinajstić information content (AvgIpc) is 2.95. The SMILES string of the molecule is CCCOc1cccc(-c2cnc(CCCNC)o2)c1. The molecule has 0 unspecified atom stereocenters. The zero-order valence-corrected chi connectivity index (χ0v) is 12.2. The molecule has 108 valence electrons. The highest BCUT2D eigenvalue weighted by atomic mass is 16.5. The second-order valence-electron chi connectivity index (χ2n) is 4.70. The quantitative estimate of drug-likeness (QED) is 0.750. The molecule has 2 rings (SSSR count). The van der Waals surface area contributed by atoms with Crippen molar-refractivity contribution in [3.63, 3.8) is 0 Å². The summed E-state index contributed by atoms with van der Waals surface area (Å²) in [6.07, 6.45) is 4.67. The molecule has 0 spiro atoms. The van der Waals surface area contributed by atoms with E-state index in [0.717, 1.165) is 55.4 Å². The highest BCUT2D eigenvalue weighted by molar-refractivity contribution is 5.58. The molecule has 0 saturated heterocycles. The predicted molar refractivity (Wildman–Crippen MR) is 80.0 cm³/mol. The lowest BCUT2D eigenvalue weighted by atomic mass is 10.2. The third kappa shape index (κ3) is 4.10. The van der Waals surface area contributed by atoms with Crippen molar-refractivity contribution in [1.29, 1.82) is 0 Å². The second-order valence-corrected chi connectivity index (χ2v) is 4.70. The summed E-state index contributed by atoms with van der Waals surface area (Å²) in [6.45, 7) is 3.80. The fourth-order valence-corrected chi connectivity index (χ4v) is 1.93. The summed E-state index contributed by atoms with van der Waals surface area (Å²) < 4.78 is 11.4. The van der Waals surface area contributed by atoms with Crippen LogP contribution in [0.2, 0.25) is 0 Å². The van der Waals surface area contributed by atoms with Crippen LogP contribution in [0.3, 0.4) is 0 Å². The van der Waals surface area contributed by atoms with E-state index in [9.17, 15) is 0 Å². The summed E-state index contributed by atoms with van der Waals surface area (Å²) in [7, 11) is 1.95. The Balaban J connectivity index is 2.03. The van der Waals surface area contributed by atoms with E-state index in [-0.39, 0.29) is 0 Å². The van der Waals surface area contributed by atoms with Crippen LogP contribution in [0.4, 0.5) is 0 Å². The summed E-state index contributed by atoms with van der Waals surface area (Å²) in [5.74, 6) is 2.46. The fraction of sp³-hybridized carbons (Fsp3) is 0.438. The molecule has 1 heterocycles. The molecule has 0 fully saturated rings. The van der Waals surface area contributed by atoms with Gasteiger partial charge >= 0.3 is 0 Å². The minimum Gasteiger partial charge on any atom is -0.494 e. The number of aromatic nitrogens is 1. The normalized spacial score (nSPS) is 10.7. The molecule has 20 heavy (non-hydrogen) atoms. The molecule has 0 atom stereocenters. The lowest BCUT2D eigenvalue weighted by Crippen LogP contribution is -2.08. The summed E-state index contributed by atoms with van der Waals surface area (Å²) in [5, 5.41) is 3.12. The van der Waals surface area contributed by atoms with E-state index in [1.54, 1.807) is 6.20 Å². The van der Waals surface area contributed by atoms with Crippen LogP contribution >= 0.6 is 0 Å². The maximum Gasteiger partial charge on any atom is 0.194 e. The molecule has 0 saturated carbocycles. The Morgan fingerprint density at radius 3 is 3.05 bits per heavy atom. The Labute approximate surface area is 120 Å². The third-order valence-corrected chi connectivity index (χ3v) is 2.96. The Morgan fingerprint density at radius 1 is 1.35 bits per heavy atom. The van der Waals surface area contributed by atoms with Crippen molar-refractivity contribution < 1.29 is 9.15 Å². The van der Waals surface area contributed by atoms with Crippen LogP contribution < -0.4 is 10.1 Å². The van der Waals surface area contributed by atoms with E-state index in [0.29, 0.717) is 0 Å². The number of oxazole rings is 1. The molecular formula is C16H22N2O2. The van der Waals surface area contributed by atoms with Gasteiger partial charge in [0.25, 0.3) is 0 Å². The number of nitrogens with one attached hydrogen (secondary N) is 1. The van der Waals surface area contributed by atoms with Crippen LogP contribution in [-0.4, -0.2) is 25.2 Å². The van der Waals surface area contributed by atoms with Gasteiger partial charge < -0.3 is 14.5 Å². The van der Waals surface area contributed by atoms with Gasteiger partial charge in [-0.15, -0.1) is 0 Å². The van der Waals surface area contributed by atoms with Gasteiger partial charge in [0.15, 0.2) is 11.7 Å². The Morgan fingerprint density at radius 2 is 2.25 bits per heavy atom. The van der Waals surface area contributed by atoms with Crippen LogP contribution in [0.5, 0.6) is 5.75 Å². The van der Waals surface area contributed by atoms with Crippen molar-refractivity contribution in [2.24, 2.45) is 0 Å². The first-order chi connectivity index (χ1) is 9.83. The van der Waals surface area contributed by atoms with E-state index >= 15 is 0 Å². The fourth-order valence-electron chi connectivity index (χ4n) is 1.93. The standard InChI is InChI=1S/C16H22N2O2/c1-3-10-19-14-7-4-6-13(11-14)15-12-18-16(20-15)8-5-9-17-2/h4,6-7,11-12,17H,3,5,8-10H2,1-2H3. The Kier molecular flexibility index (Phi) is 5.62. The molecule has 0 aliphatic heterocycles. The topological polar surface area (TPSA) is 47.3 Å². The average molecular weight is 274 g/mol. The van der Waals surface area contributed by atoms with Gasteiger partial charge in [0.1, 0.15) is 5.75 Å². The van der Waals surface area contributed by atoms with Crippen molar-refractivity contribution in [2.75, 3.05) is 20.2 Å². The van der Waals surface area contributed by atoms with Gasteiger partial charge in [-0.2, -0.15) is 0 Å². The van der Waals surface area contributed by atoms with Crippen LogP contribution in [-0.2, 0) is 6.42 Å². The number of hydrogen-bond donors (Lipinski definition) is 1. The van der Waals surface area contributed by atoms with Crippen molar-refractivity contribution in [3.8, 4) is 17.1 Å². The number of hydrogen-bond acceptors (Lipinski definition) is 4. The van der Waals surface area contributed by atoms with E-state index in [2.05, 4.69) is 17.2 Å². The molecular weight excluding hydrogens is 252 g/mol. The highest BCUT2D eigenvalue weighted by Crippen LogP contribution is 2.25. The third-order valence-electron chi connectivity index (χ3n) is 2.96. The van der Waals surface area contributed by atoms with Crippen molar-refractivity contribution >= 4 is 0 Å². The molecule has 0 amide bonds. The van der Waals surface area contributed by atoms with E-state index in [1.165, 1.54) is 0 Å². The smallest absolute Gasteiger partial charge is 0.194 e. The van der Waals surface area contributed by atoms with Crippen LogP contribution in [0, 0.1) is 0 Å². The van der Waals surface area contributed by atoms with Gasteiger partial charge in [0.2, 0.25) is 0 Å². The predicted octanol–water partition coefficient (Wildman–Crippen LogP) is 3.28. The van der Waals surface area contributed by atoms with Crippen molar-refractivity contribution in [2.45, 2.75) is 26.2 Å². The van der Waals surface area contributed by atoms with Gasteiger partial charge in [-0.3, -0.25) is 0 Å². The number of nitrogens with zero attached hydrogens (tertiary/aromatic N) is 1. The number of ether oxygens (including phenoxy) is 1. The molecule has 0 aliphatic rings. The number of benzene rings is 1. The zero-order chi connectivity index (χ0) is 14.2. The van der Waals surface area contributed by atoms with Crippen molar-refractivity contribution in [3.05, 3.63) is 36.4 Å². The van der Waals surface area contributed by atoms with Gasteiger partial charge in [-0.1, -0.05) is 19.1 Å². The summed E-state index contributed by atoms with van der Waals surface area (Å²) in [6, 6.07) is 7.94. The lowest BCUT2D eigenvalue weighted by molar-refractivity contribution is 0.317. The maximum atomic E-state index is 5.78. The first-order valence-corrected chi connectivity index (χ1v) is 7.16. The van der Waals surface area contributed by atoms with Gasteiger partial charge in [0, 0.05) is 12.0 Å². The molecule has 4 nitrogen and oxygen atoms in total. The summed E-state index contributed by atoms with van der Waals surface area (Å²) in [4.78, 5) is 4.32. The monoisotopic (exact) mass is 274 g/mol. The Hall–Kier alpha value is -1.81. The molecule has 2 aromatic rings. The van der Waals surface area contributed by atoms with Crippen LogP contribution in [0.1, 0.15) is 25.7 Å². The van der Waals surface area contributed by atoms with E-state index < -0.39 is 0 Å². The molecule has 1 N–H and O–H groups in total. The first kappa shape index (κ1) is 14.6. The maximum absolute atomic E-state index is 5.78. The van der Waals surface area contributed by atoms with Crippen LogP contribution in [0.15, 0.2) is 34.9 Å². The lowest BCUT2D eigenvalue weighted by Gasteiger charge is -2.05. The minimum absolute atomic E-state index is 0.731. The summed E-state index contributed by atoms with van der Waals surface area (Å²) in [5.41, 5.74) is 1.01. The first-order valence-electron chi connectivity index (χ1n) is 7.16. The molecule has 4 heteroatoms. The molecule has 1 aromatic carbocycles. The Bertz CT molecular complexity index is 523. The largest absolute Gasteiger partial charge is 0.494 e. The molecule has 1 aromatic heterocycles. The molecule has 0 aliphatic carbocycles. The minimum atomic E-state index is 0.731. The second kappa shape index (κ2) is 7.70. The van der Waals surface area contributed by atoms with E-state index in [1.807, 2.05) is 31.3 Å². The van der Waals surface area contributed by atoms with Gasteiger partial charge in [-0.25, -0.2) is 4.98 Å². The number of aryl methyl sites for hydroxylation is 1. The number of rotatable bonds is 8.